The molecule has 0 saturated carbocycles. The maximum absolute atomic E-state index is 12.3. The lowest BCUT2D eigenvalue weighted by Crippen LogP contribution is -2.40. The highest BCUT2D eigenvalue weighted by Gasteiger charge is 2.34. The fourth-order valence-electron chi connectivity index (χ4n) is 2.42. The van der Waals surface area contributed by atoms with Crippen LogP contribution in [0.15, 0.2) is 18.2 Å². The number of likely N-dealkylation sites (tertiary alicyclic amines) is 1. The van der Waals surface area contributed by atoms with E-state index >= 15 is 0 Å². The highest BCUT2D eigenvalue weighted by molar-refractivity contribution is 5.97. The van der Waals surface area contributed by atoms with Crippen LogP contribution in [0.3, 0.4) is 0 Å². The third kappa shape index (κ3) is 2.61. The zero-order valence-corrected chi connectivity index (χ0v) is 10.9. The second-order valence-corrected chi connectivity index (χ2v) is 4.81. The molecule has 1 heterocycles. The molecule has 1 atom stereocenters. The molecule has 1 aromatic rings. The summed E-state index contributed by atoms with van der Waals surface area (Å²) in [5.41, 5.74) is 0.581. The smallest absolute Gasteiger partial charge is 0.326 e. The zero-order chi connectivity index (χ0) is 14.9. The first-order valence-electron chi connectivity index (χ1n) is 6.20. The Bertz CT molecular complexity index is 584. The average molecular weight is 278 g/mol. The first-order chi connectivity index (χ1) is 9.40. The minimum absolute atomic E-state index is 0.157. The Morgan fingerprint density at radius 1 is 1.40 bits per heavy atom. The number of carboxylic acids is 1. The van der Waals surface area contributed by atoms with Crippen LogP contribution >= 0.6 is 0 Å². The lowest BCUT2D eigenvalue weighted by atomic mass is 10.1. The molecule has 1 saturated heterocycles. The molecule has 0 radical (unpaired) electrons. The SMILES string of the molecule is Cc1cc(C(=O)N2CCC[C@@H]2C(=O)O)cc([N+](=O)[O-])c1. The Morgan fingerprint density at radius 2 is 2.10 bits per heavy atom. The maximum atomic E-state index is 12.3. The predicted octanol–water partition coefficient (Wildman–Crippen LogP) is 1.59. The summed E-state index contributed by atoms with van der Waals surface area (Å²) in [6.45, 7) is 2.01. The first-order valence-corrected chi connectivity index (χ1v) is 6.20. The summed E-state index contributed by atoms with van der Waals surface area (Å²) in [7, 11) is 0. The molecule has 0 bridgehead atoms. The number of rotatable bonds is 3. The minimum atomic E-state index is -1.04. The van der Waals surface area contributed by atoms with Gasteiger partial charge in [0.05, 0.1) is 4.92 Å². The van der Waals surface area contributed by atoms with Gasteiger partial charge in [-0.1, -0.05) is 0 Å². The van der Waals surface area contributed by atoms with Gasteiger partial charge in [0.1, 0.15) is 6.04 Å². The normalized spacial score (nSPS) is 18.1. The van der Waals surface area contributed by atoms with Crippen molar-refractivity contribution >= 4 is 17.6 Å². The number of nitro benzene ring substituents is 1. The summed E-state index contributed by atoms with van der Waals surface area (Å²) in [5, 5.41) is 19.9. The summed E-state index contributed by atoms with van der Waals surface area (Å²) in [6.07, 6.45) is 1.03. The van der Waals surface area contributed by atoms with Gasteiger partial charge in [0.15, 0.2) is 0 Å². The summed E-state index contributed by atoms with van der Waals surface area (Å²) in [4.78, 5) is 34.9. The van der Waals surface area contributed by atoms with E-state index in [4.69, 9.17) is 5.11 Å². The fraction of sp³-hybridized carbons (Fsp3) is 0.385. The van der Waals surface area contributed by atoms with Crippen LogP contribution < -0.4 is 0 Å². The monoisotopic (exact) mass is 278 g/mol. The number of carboxylic acid groups (broad SMARTS) is 1. The Balaban J connectivity index is 2.33. The van der Waals surface area contributed by atoms with Crippen molar-refractivity contribution in [2.24, 2.45) is 0 Å². The van der Waals surface area contributed by atoms with Crippen LogP contribution in [0.2, 0.25) is 0 Å². The molecule has 1 fully saturated rings. The number of aliphatic carboxylic acids is 1. The molecule has 1 amide bonds. The summed E-state index contributed by atoms with van der Waals surface area (Å²) in [6, 6.07) is 3.25. The Hall–Kier alpha value is -2.44. The van der Waals surface area contributed by atoms with E-state index in [1.165, 1.54) is 23.1 Å². The number of aryl methyl sites for hydroxylation is 1. The van der Waals surface area contributed by atoms with Crippen molar-refractivity contribution in [1.29, 1.82) is 0 Å². The number of benzene rings is 1. The van der Waals surface area contributed by atoms with Crippen LogP contribution in [-0.2, 0) is 4.79 Å². The molecule has 106 valence electrons. The molecule has 7 nitrogen and oxygen atoms in total. The van der Waals surface area contributed by atoms with E-state index in [0.29, 0.717) is 24.9 Å². The van der Waals surface area contributed by atoms with Gasteiger partial charge < -0.3 is 10.0 Å². The van der Waals surface area contributed by atoms with Crippen molar-refractivity contribution in [2.45, 2.75) is 25.8 Å². The van der Waals surface area contributed by atoms with Crippen molar-refractivity contribution in [3.05, 3.63) is 39.4 Å². The summed E-state index contributed by atoms with van der Waals surface area (Å²) >= 11 is 0. The number of non-ortho nitro benzene ring substituents is 1. The molecular weight excluding hydrogens is 264 g/mol. The van der Waals surface area contributed by atoms with Crippen LogP contribution in [0.25, 0.3) is 0 Å². The summed E-state index contributed by atoms with van der Waals surface area (Å²) in [5.74, 6) is -1.51. The molecule has 0 unspecified atom stereocenters. The molecule has 2 rings (SSSR count). The molecular formula is C13H14N2O5. The molecule has 20 heavy (non-hydrogen) atoms. The first kappa shape index (κ1) is 14.0. The van der Waals surface area contributed by atoms with Gasteiger partial charge in [-0.3, -0.25) is 14.9 Å². The number of nitrogens with zero attached hydrogens (tertiary/aromatic N) is 2. The van der Waals surface area contributed by atoms with Gasteiger partial charge >= 0.3 is 5.97 Å². The number of hydrogen-bond donors (Lipinski definition) is 1. The molecule has 1 aromatic carbocycles. The Kier molecular flexibility index (Phi) is 3.69. The topological polar surface area (TPSA) is 101 Å². The van der Waals surface area contributed by atoms with Gasteiger partial charge in [-0.05, 0) is 31.4 Å². The van der Waals surface area contributed by atoms with Crippen LogP contribution in [0.4, 0.5) is 5.69 Å². The van der Waals surface area contributed by atoms with Crippen LogP contribution in [-0.4, -0.2) is 39.4 Å². The van der Waals surface area contributed by atoms with E-state index in [0.717, 1.165) is 0 Å². The third-order valence-electron chi connectivity index (χ3n) is 3.32. The van der Waals surface area contributed by atoms with Crippen molar-refractivity contribution in [3.63, 3.8) is 0 Å². The lowest BCUT2D eigenvalue weighted by Gasteiger charge is -2.21. The van der Waals surface area contributed by atoms with E-state index in [1.54, 1.807) is 6.92 Å². The lowest BCUT2D eigenvalue weighted by molar-refractivity contribution is -0.384. The van der Waals surface area contributed by atoms with E-state index in [9.17, 15) is 19.7 Å². The van der Waals surface area contributed by atoms with Crippen molar-refractivity contribution in [3.8, 4) is 0 Å². The maximum Gasteiger partial charge on any atom is 0.326 e. The fourth-order valence-corrected chi connectivity index (χ4v) is 2.42. The van der Waals surface area contributed by atoms with Gasteiger partial charge in [0.2, 0.25) is 0 Å². The number of hydrogen-bond acceptors (Lipinski definition) is 4. The molecule has 1 aliphatic rings. The van der Waals surface area contributed by atoms with Crippen LogP contribution in [0.1, 0.15) is 28.8 Å². The van der Waals surface area contributed by atoms with Crippen molar-refractivity contribution in [2.75, 3.05) is 6.54 Å². The standard InChI is InChI=1S/C13H14N2O5/c1-8-5-9(7-10(6-8)15(19)20)12(16)14-4-2-3-11(14)13(17)18/h5-7,11H,2-4H2,1H3,(H,17,18)/t11-/m1/s1. The van der Waals surface area contributed by atoms with Gasteiger partial charge in [-0.2, -0.15) is 0 Å². The highest BCUT2D eigenvalue weighted by Crippen LogP contribution is 2.23. The van der Waals surface area contributed by atoms with Crippen molar-refractivity contribution < 1.29 is 19.6 Å². The van der Waals surface area contributed by atoms with Gasteiger partial charge in [0, 0.05) is 24.2 Å². The predicted molar refractivity (Wildman–Crippen MR) is 69.5 cm³/mol. The van der Waals surface area contributed by atoms with Crippen molar-refractivity contribution in [1.82, 2.24) is 4.90 Å². The number of nitro groups is 1. The van der Waals surface area contributed by atoms with Crippen LogP contribution in [0, 0.1) is 17.0 Å². The minimum Gasteiger partial charge on any atom is -0.480 e. The Labute approximate surface area is 115 Å². The molecule has 0 spiro atoms. The van der Waals surface area contributed by atoms with E-state index in [1.807, 2.05) is 0 Å². The van der Waals surface area contributed by atoms with Crippen LogP contribution in [0.5, 0.6) is 0 Å². The zero-order valence-electron chi connectivity index (χ0n) is 10.9. The Morgan fingerprint density at radius 3 is 2.70 bits per heavy atom. The number of carbonyl (C=O) groups is 2. The van der Waals surface area contributed by atoms with E-state index in [2.05, 4.69) is 0 Å². The van der Waals surface area contributed by atoms with Gasteiger partial charge in [-0.15, -0.1) is 0 Å². The summed E-state index contributed by atoms with van der Waals surface area (Å²) < 4.78 is 0. The average Bonchev–Trinajstić information content (AvgIpc) is 2.86. The molecule has 7 heteroatoms. The largest absolute Gasteiger partial charge is 0.480 e. The third-order valence-corrected chi connectivity index (χ3v) is 3.32. The second kappa shape index (κ2) is 5.28. The van der Waals surface area contributed by atoms with Gasteiger partial charge in [0.25, 0.3) is 11.6 Å². The second-order valence-electron chi connectivity index (χ2n) is 4.81. The quantitative estimate of drug-likeness (QED) is 0.668. The van der Waals surface area contributed by atoms with E-state index in [-0.39, 0.29) is 11.3 Å². The molecule has 0 aromatic heterocycles. The number of amides is 1. The molecule has 0 aliphatic carbocycles. The highest BCUT2D eigenvalue weighted by atomic mass is 16.6. The number of carbonyl (C=O) groups excluding carboxylic acids is 1. The van der Waals surface area contributed by atoms with E-state index < -0.39 is 22.8 Å². The molecule has 1 N–H and O–H groups in total. The van der Waals surface area contributed by atoms with Gasteiger partial charge in [-0.25, -0.2) is 4.79 Å². The molecule has 1 aliphatic heterocycles.